The first-order valence-corrected chi connectivity index (χ1v) is 11.9. The Morgan fingerprint density at radius 2 is 1.78 bits per heavy atom. The summed E-state index contributed by atoms with van der Waals surface area (Å²) in [7, 11) is 0. The van der Waals surface area contributed by atoms with Crippen LogP contribution in [0.4, 0.5) is 15.8 Å². The number of benzene rings is 2. The lowest BCUT2D eigenvalue weighted by atomic mass is 10.1. The number of aromatic nitrogens is 2. The molecule has 1 aliphatic heterocycles. The van der Waals surface area contributed by atoms with Crippen LogP contribution in [0.2, 0.25) is 0 Å². The van der Waals surface area contributed by atoms with Crippen molar-refractivity contribution < 1.29 is 14.0 Å². The highest BCUT2D eigenvalue weighted by atomic mass is 32.2. The van der Waals surface area contributed by atoms with E-state index in [0.717, 1.165) is 20.7 Å². The lowest BCUT2D eigenvalue weighted by Gasteiger charge is -2.36. The van der Waals surface area contributed by atoms with Crippen molar-refractivity contribution in [2.75, 3.05) is 42.1 Å². The van der Waals surface area contributed by atoms with E-state index >= 15 is 0 Å². The van der Waals surface area contributed by atoms with E-state index in [4.69, 9.17) is 0 Å². The van der Waals surface area contributed by atoms with Gasteiger partial charge in [0.2, 0.25) is 5.91 Å². The van der Waals surface area contributed by atoms with Crippen molar-refractivity contribution in [2.45, 2.75) is 11.3 Å². The summed E-state index contributed by atoms with van der Waals surface area (Å²) < 4.78 is 14.7. The molecule has 32 heavy (non-hydrogen) atoms. The Labute approximate surface area is 193 Å². The summed E-state index contributed by atoms with van der Waals surface area (Å²) in [4.78, 5) is 28.6. The fourth-order valence-electron chi connectivity index (χ4n) is 3.39. The van der Waals surface area contributed by atoms with E-state index in [0.29, 0.717) is 26.2 Å². The van der Waals surface area contributed by atoms with Crippen LogP contribution in [-0.2, 0) is 4.79 Å². The van der Waals surface area contributed by atoms with Crippen molar-refractivity contribution in [2.24, 2.45) is 0 Å². The highest BCUT2D eigenvalue weighted by molar-refractivity contribution is 8.01. The van der Waals surface area contributed by atoms with E-state index in [9.17, 15) is 14.0 Å². The molecule has 0 atom stereocenters. The number of hydrogen-bond donors (Lipinski definition) is 1. The number of carbonyl (C=O) groups is 2. The summed E-state index contributed by atoms with van der Waals surface area (Å²) >= 11 is 2.83. The quantitative estimate of drug-likeness (QED) is 0.553. The number of aryl methyl sites for hydroxylation is 1. The SMILES string of the molecule is Cc1nnc(SCC(=O)Nc2ccc(N3CCN(C(=O)c4ccccc4F)CC3)cc2)s1. The standard InChI is InChI=1S/C22H22FN5O2S2/c1-15-25-26-22(32-15)31-14-20(29)24-16-6-8-17(9-7-16)27-10-12-28(13-11-27)21(30)18-4-2-3-5-19(18)23/h2-9H,10-14H2,1H3,(H,24,29). The average Bonchev–Trinajstić information content (AvgIpc) is 3.23. The van der Waals surface area contributed by atoms with Gasteiger partial charge in [-0.05, 0) is 43.3 Å². The van der Waals surface area contributed by atoms with E-state index in [1.807, 2.05) is 31.2 Å². The van der Waals surface area contributed by atoms with Gasteiger partial charge in [-0.15, -0.1) is 10.2 Å². The summed E-state index contributed by atoms with van der Waals surface area (Å²) in [5.41, 5.74) is 1.85. The maximum Gasteiger partial charge on any atom is 0.256 e. The molecule has 10 heteroatoms. The van der Waals surface area contributed by atoms with Crippen molar-refractivity contribution in [3.05, 3.63) is 64.9 Å². The number of halogens is 1. The van der Waals surface area contributed by atoms with E-state index in [2.05, 4.69) is 20.4 Å². The number of rotatable bonds is 6. The van der Waals surface area contributed by atoms with Crippen molar-refractivity contribution >= 4 is 46.3 Å². The van der Waals surface area contributed by atoms with Gasteiger partial charge in [0.05, 0.1) is 11.3 Å². The Morgan fingerprint density at radius 1 is 1.06 bits per heavy atom. The Bertz CT molecular complexity index is 1100. The van der Waals surface area contributed by atoms with Crippen LogP contribution < -0.4 is 10.2 Å². The van der Waals surface area contributed by atoms with Crippen LogP contribution in [0.25, 0.3) is 0 Å². The second kappa shape index (κ2) is 10.1. The van der Waals surface area contributed by atoms with E-state index in [1.54, 1.807) is 17.0 Å². The van der Waals surface area contributed by atoms with Crippen molar-refractivity contribution in [1.82, 2.24) is 15.1 Å². The van der Waals surface area contributed by atoms with Gasteiger partial charge in [-0.3, -0.25) is 9.59 Å². The van der Waals surface area contributed by atoms with Gasteiger partial charge in [-0.25, -0.2) is 4.39 Å². The molecule has 2 amide bonds. The van der Waals surface area contributed by atoms with Crippen LogP contribution in [-0.4, -0.2) is 58.8 Å². The molecule has 0 aliphatic carbocycles. The minimum atomic E-state index is -0.491. The van der Waals surface area contributed by atoms with E-state index < -0.39 is 5.82 Å². The number of nitrogens with one attached hydrogen (secondary N) is 1. The van der Waals surface area contributed by atoms with Gasteiger partial charge < -0.3 is 15.1 Å². The summed E-state index contributed by atoms with van der Waals surface area (Å²) in [6, 6.07) is 13.7. The van der Waals surface area contributed by atoms with Gasteiger partial charge in [0.25, 0.3) is 5.91 Å². The molecule has 1 aliphatic rings. The molecule has 166 valence electrons. The van der Waals surface area contributed by atoms with Crippen molar-refractivity contribution in [1.29, 1.82) is 0 Å². The third kappa shape index (κ3) is 5.43. The molecule has 3 aromatic rings. The monoisotopic (exact) mass is 471 g/mol. The Hall–Kier alpha value is -2.98. The van der Waals surface area contributed by atoms with Gasteiger partial charge in [-0.2, -0.15) is 0 Å². The Kier molecular flexibility index (Phi) is 7.01. The molecule has 0 bridgehead atoms. The van der Waals surface area contributed by atoms with Crippen LogP contribution in [0.5, 0.6) is 0 Å². The first-order valence-electron chi connectivity index (χ1n) is 10.1. The summed E-state index contributed by atoms with van der Waals surface area (Å²) in [5.74, 6) is -0.596. The zero-order valence-corrected chi connectivity index (χ0v) is 19.1. The lowest BCUT2D eigenvalue weighted by Crippen LogP contribution is -2.49. The largest absolute Gasteiger partial charge is 0.368 e. The minimum absolute atomic E-state index is 0.101. The number of piperazine rings is 1. The van der Waals surface area contributed by atoms with E-state index in [1.165, 1.54) is 35.2 Å². The molecular formula is C22H22FN5O2S2. The van der Waals surface area contributed by atoms with Crippen LogP contribution in [0, 0.1) is 12.7 Å². The number of hydrogen-bond acceptors (Lipinski definition) is 7. The zero-order chi connectivity index (χ0) is 22.5. The van der Waals surface area contributed by atoms with Crippen molar-refractivity contribution in [3.63, 3.8) is 0 Å². The number of nitrogens with zero attached hydrogens (tertiary/aromatic N) is 4. The molecule has 0 unspecified atom stereocenters. The predicted octanol–water partition coefficient (Wildman–Crippen LogP) is 3.68. The first kappa shape index (κ1) is 22.2. The number of thioether (sulfide) groups is 1. The molecule has 2 heterocycles. The number of anilines is 2. The van der Waals surface area contributed by atoms with Crippen LogP contribution in [0.3, 0.4) is 0 Å². The second-order valence-corrected chi connectivity index (χ2v) is 9.63. The van der Waals surface area contributed by atoms with Gasteiger partial charge in [-0.1, -0.05) is 35.2 Å². The van der Waals surface area contributed by atoms with Gasteiger partial charge in [0.15, 0.2) is 4.34 Å². The molecule has 4 rings (SSSR count). The Morgan fingerprint density at radius 3 is 2.44 bits per heavy atom. The van der Waals surface area contributed by atoms with Gasteiger partial charge >= 0.3 is 0 Å². The first-order chi connectivity index (χ1) is 15.5. The maximum absolute atomic E-state index is 13.9. The molecule has 1 aromatic heterocycles. The smallest absolute Gasteiger partial charge is 0.256 e. The molecule has 2 aromatic carbocycles. The number of carbonyl (C=O) groups excluding carboxylic acids is 2. The molecular weight excluding hydrogens is 449 g/mol. The van der Waals surface area contributed by atoms with Crippen LogP contribution in [0.1, 0.15) is 15.4 Å². The van der Waals surface area contributed by atoms with Gasteiger partial charge in [0.1, 0.15) is 10.8 Å². The van der Waals surface area contributed by atoms with E-state index in [-0.39, 0.29) is 23.1 Å². The fourth-order valence-corrected chi connectivity index (χ4v) is 5.01. The molecule has 1 N–H and O–H groups in total. The molecule has 1 fully saturated rings. The van der Waals surface area contributed by atoms with Crippen LogP contribution in [0.15, 0.2) is 52.9 Å². The maximum atomic E-state index is 13.9. The molecule has 1 saturated heterocycles. The topological polar surface area (TPSA) is 78.4 Å². The third-order valence-electron chi connectivity index (χ3n) is 5.02. The molecule has 0 spiro atoms. The fraction of sp³-hybridized carbons (Fsp3) is 0.273. The highest BCUT2D eigenvalue weighted by Crippen LogP contribution is 2.23. The normalized spacial score (nSPS) is 13.8. The third-order valence-corrected chi connectivity index (χ3v) is 6.99. The van der Waals surface area contributed by atoms with Crippen LogP contribution >= 0.6 is 23.1 Å². The zero-order valence-electron chi connectivity index (χ0n) is 17.5. The molecule has 7 nitrogen and oxygen atoms in total. The Balaban J connectivity index is 1.27. The summed E-state index contributed by atoms with van der Waals surface area (Å²) in [6.07, 6.45) is 0. The average molecular weight is 472 g/mol. The highest BCUT2D eigenvalue weighted by Gasteiger charge is 2.24. The van der Waals surface area contributed by atoms with Crippen molar-refractivity contribution in [3.8, 4) is 0 Å². The van der Waals surface area contributed by atoms with Gasteiger partial charge in [0, 0.05) is 37.6 Å². The summed E-state index contributed by atoms with van der Waals surface area (Å²) in [6.45, 7) is 4.24. The number of amides is 2. The molecule has 0 radical (unpaired) electrons. The lowest BCUT2D eigenvalue weighted by molar-refractivity contribution is -0.113. The minimum Gasteiger partial charge on any atom is -0.368 e. The molecule has 0 saturated carbocycles. The predicted molar refractivity (Wildman–Crippen MR) is 125 cm³/mol. The summed E-state index contributed by atoms with van der Waals surface area (Å²) in [5, 5.41) is 11.7. The second-order valence-electron chi connectivity index (χ2n) is 7.23.